The van der Waals surface area contributed by atoms with Crippen molar-refractivity contribution in [3.8, 4) is 0 Å². The summed E-state index contributed by atoms with van der Waals surface area (Å²) >= 11 is 0. The molecule has 1 aliphatic heterocycles. The number of carbonyl (C=O) groups excluding carboxylic acids is 1. The third kappa shape index (κ3) is 5.32. The van der Waals surface area contributed by atoms with Crippen molar-refractivity contribution in [1.29, 1.82) is 0 Å². The lowest BCUT2D eigenvalue weighted by Crippen LogP contribution is -2.40. The third-order valence-corrected chi connectivity index (χ3v) is 4.20. The van der Waals surface area contributed by atoms with Gasteiger partial charge in [-0.2, -0.15) is 0 Å². The van der Waals surface area contributed by atoms with E-state index in [-0.39, 0.29) is 11.6 Å². The number of benzene rings is 1. The van der Waals surface area contributed by atoms with Crippen molar-refractivity contribution in [3.63, 3.8) is 0 Å². The van der Waals surface area contributed by atoms with Crippen LogP contribution in [-0.2, 0) is 0 Å². The predicted octanol–water partition coefficient (Wildman–Crippen LogP) is 2.69. The minimum absolute atomic E-state index is 0.0612. The lowest BCUT2D eigenvalue weighted by atomic mass is 9.92. The van der Waals surface area contributed by atoms with Gasteiger partial charge in [-0.25, -0.2) is 0 Å². The van der Waals surface area contributed by atoms with Crippen LogP contribution in [0.2, 0.25) is 0 Å². The van der Waals surface area contributed by atoms with Crippen molar-refractivity contribution in [3.05, 3.63) is 39.9 Å². The number of amides is 1. The molecular formula is C17H25N3O3. The number of likely N-dealkylation sites (tertiary alicyclic amines) is 1. The van der Waals surface area contributed by atoms with Gasteiger partial charge >= 0.3 is 0 Å². The Balaban J connectivity index is 1.74. The van der Waals surface area contributed by atoms with E-state index in [4.69, 9.17) is 0 Å². The van der Waals surface area contributed by atoms with Crippen LogP contribution in [0.1, 0.15) is 37.0 Å². The lowest BCUT2D eigenvalue weighted by molar-refractivity contribution is -0.384. The molecule has 1 aromatic carbocycles. The number of hydrogen-bond acceptors (Lipinski definition) is 4. The zero-order chi connectivity index (χ0) is 16.8. The molecule has 1 aliphatic rings. The lowest BCUT2D eigenvalue weighted by Gasteiger charge is -2.34. The van der Waals surface area contributed by atoms with Crippen LogP contribution < -0.4 is 5.32 Å². The van der Waals surface area contributed by atoms with E-state index in [1.165, 1.54) is 24.6 Å². The number of non-ortho nitro benzene ring substituents is 1. The number of nitrogens with one attached hydrogen (secondary N) is 1. The van der Waals surface area contributed by atoms with E-state index >= 15 is 0 Å². The molecule has 1 heterocycles. The fraction of sp³-hybridized carbons (Fsp3) is 0.588. The Labute approximate surface area is 137 Å². The van der Waals surface area contributed by atoms with Gasteiger partial charge in [0.05, 0.1) is 4.92 Å². The summed E-state index contributed by atoms with van der Waals surface area (Å²) in [6, 6.07) is 5.82. The van der Waals surface area contributed by atoms with E-state index in [1.807, 2.05) is 0 Å². The zero-order valence-corrected chi connectivity index (χ0v) is 13.8. The van der Waals surface area contributed by atoms with Gasteiger partial charge < -0.3 is 10.2 Å². The van der Waals surface area contributed by atoms with Crippen molar-refractivity contribution in [2.45, 2.75) is 26.7 Å². The quantitative estimate of drug-likeness (QED) is 0.497. The van der Waals surface area contributed by atoms with Gasteiger partial charge in [0.2, 0.25) is 0 Å². The highest BCUT2D eigenvalue weighted by atomic mass is 16.6. The van der Waals surface area contributed by atoms with Gasteiger partial charge in [-0.15, -0.1) is 0 Å². The number of rotatable bonds is 6. The molecule has 1 aromatic rings. The predicted molar refractivity (Wildman–Crippen MR) is 89.4 cm³/mol. The Hall–Kier alpha value is -1.95. The molecule has 1 N–H and O–H groups in total. The van der Waals surface area contributed by atoms with E-state index in [0.29, 0.717) is 12.1 Å². The molecule has 0 unspecified atom stereocenters. The molecule has 0 spiro atoms. The van der Waals surface area contributed by atoms with Gasteiger partial charge in [-0.05, 0) is 37.3 Å². The Morgan fingerprint density at radius 3 is 2.70 bits per heavy atom. The molecule has 23 heavy (non-hydrogen) atoms. The van der Waals surface area contributed by atoms with Crippen molar-refractivity contribution in [2.75, 3.05) is 26.2 Å². The molecule has 2 atom stereocenters. The number of carbonyl (C=O) groups is 1. The summed E-state index contributed by atoms with van der Waals surface area (Å²) in [5, 5.41) is 13.6. The van der Waals surface area contributed by atoms with Crippen LogP contribution in [-0.4, -0.2) is 41.9 Å². The van der Waals surface area contributed by atoms with Crippen LogP contribution >= 0.6 is 0 Å². The van der Waals surface area contributed by atoms with E-state index in [0.717, 1.165) is 37.9 Å². The first-order valence-electron chi connectivity index (χ1n) is 8.20. The van der Waals surface area contributed by atoms with Gasteiger partial charge in [0, 0.05) is 37.3 Å². The third-order valence-electron chi connectivity index (χ3n) is 4.20. The molecule has 6 heteroatoms. The van der Waals surface area contributed by atoms with E-state index < -0.39 is 4.92 Å². The normalized spacial score (nSPS) is 21.8. The maximum absolute atomic E-state index is 12.0. The molecule has 0 bridgehead atoms. The number of nitro groups is 1. The summed E-state index contributed by atoms with van der Waals surface area (Å²) in [7, 11) is 0. The van der Waals surface area contributed by atoms with Gasteiger partial charge in [-0.1, -0.05) is 19.9 Å². The van der Waals surface area contributed by atoms with E-state index in [1.54, 1.807) is 6.07 Å². The molecule has 6 nitrogen and oxygen atoms in total. The Morgan fingerprint density at radius 2 is 2.04 bits per heavy atom. The summed E-state index contributed by atoms with van der Waals surface area (Å²) in [6.07, 6.45) is 2.18. The first-order valence-corrected chi connectivity index (χ1v) is 8.20. The number of piperidine rings is 1. The molecular weight excluding hydrogens is 294 g/mol. The molecule has 1 amide bonds. The van der Waals surface area contributed by atoms with Crippen molar-refractivity contribution < 1.29 is 9.72 Å². The van der Waals surface area contributed by atoms with Crippen molar-refractivity contribution in [1.82, 2.24) is 10.2 Å². The standard InChI is InChI=1S/C17H25N3O3/c1-13-9-14(2)12-19(11-13)8-4-7-18-17(21)15-5-3-6-16(10-15)20(22)23/h3,5-6,10,13-14H,4,7-9,11-12H2,1-2H3,(H,18,21)/t13-,14-/m1/s1. The summed E-state index contributed by atoms with van der Waals surface area (Å²) in [6.45, 7) is 8.39. The molecule has 0 radical (unpaired) electrons. The molecule has 1 saturated heterocycles. The highest BCUT2D eigenvalue weighted by Gasteiger charge is 2.21. The van der Waals surface area contributed by atoms with Crippen LogP contribution in [0.15, 0.2) is 24.3 Å². The zero-order valence-electron chi connectivity index (χ0n) is 13.8. The second kappa shape index (κ2) is 8.06. The number of hydrogen-bond donors (Lipinski definition) is 1. The summed E-state index contributed by atoms with van der Waals surface area (Å²) in [5.74, 6) is 1.21. The SMILES string of the molecule is C[C@@H]1C[C@@H](C)CN(CCCNC(=O)c2cccc([N+](=O)[O-])c2)C1. The summed E-state index contributed by atoms with van der Waals surface area (Å²) in [5.41, 5.74) is 0.272. The fourth-order valence-electron chi connectivity index (χ4n) is 3.34. The monoisotopic (exact) mass is 319 g/mol. The largest absolute Gasteiger partial charge is 0.352 e. The Bertz CT molecular complexity index is 552. The van der Waals surface area contributed by atoms with Crippen molar-refractivity contribution >= 4 is 11.6 Å². The summed E-state index contributed by atoms with van der Waals surface area (Å²) < 4.78 is 0. The second-order valence-electron chi connectivity index (χ2n) is 6.62. The van der Waals surface area contributed by atoms with Gasteiger partial charge in [-0.3, -0.25) is 14.9 Å². The maximum Gasteiger partial charge on any atom is 0.270 e. The van der Waals surface area contributed by atoms with Crippen LogP contribution in [0, 0.1) is 22.0 Å². The van der Waals surface area contributed by atoms with Crippen LogP contribution in [0.5, 0.6) is 0 Å². The van der Waals surface area contributed by atoms with Crippen LogP contribution in [0.4, 0.5) is 5.69 Å². The van der Waals surface area contributed by atoms with Gasteiger partial charge in [0.25, 0.3) is 11.6 Å². The molecule has 126 valence electrons. The van der Waals surface area contributed by atoms with E-state index in [2.05, 4.69) is 24.1 Å². The first kappa shape index (κ1) is 17.4. The van der Waals surface area contributed by atoms with Crippen LogP contribution in [0.25, 0.3) is 0 Å². The molecule has 0 saturated carbocycles. The molecule has 1 fully saturated rings. The fourth-order valence-corrected chi connectivity index (χ4v) is 3.34. The Kier molecular flexibility index (Phi) is 6.10. The molecule has 2 rings (SSSR count). The number of nitrogens with zero attached hydrogens (tertiary/aromatic N) is 2. The smallest absolute Gasteiger partial charge is 0.270 e. The molecule has 0 aliphatic carbocycles. The first-order chi connectivity index (χ1) is 11.0. The second-order valence-corrected chi connectivity index (χ2v) is 6.62. The van der Waals surface area contributed by atoms with Crippen LogP contribution in [0.3, 0.4) is 0 Å². The van der Waals surface area contributed by atoms with Gasteiger partial charge in [0.15, 0.2) is 0 Å². The molecule has 0 aromatic heterocycles. The number of nitro benzene ring substituents is 1. The Morgan fingerprint density at radius 1 is 1.35 bits per heavy atom. The minimum Gasteiger partial charge on any atom is -0.352 e. The highest BCUT2D eigenvalue weighted by molar-refractivity contribution is 5.94. The van der Waals surface area contributed by atoms with E-state index in [9.17, 15) is 14.9 Å². The van der Waals surface area contributed by atoms with Gasteiger partial charge in [0.1, 0.15) is 0 Å². The maximum atomic E-state index is 12.0. The highest BCUT2D eigenvalue weighted by Crippen LogP contribution is 2.20. The topological polar surface area (TPSA) is 75.5 Å². The average Bonchev–Trinajstić information content (AvgIpc) is 2.50. The van der Waals surface area contributed by atoms with Crippen molar-refractivity contribution in [2.24, 2.45) is 11.8 Å². The average molecular weight is 319 g/mol. The minimum atomic E-state index is -0.491. The summed E-state index contributed by atoms with van der Waals surface area (Å²) in [4.78, 5) is 24.7.